The van der Waals surface area contributed by atoms with Crippen molar-refractivity contribution in [2.75, 3.05) is 13.7 Å². The van der Waals surface area contributed by atoms with Crippen molar-refractivity contribution < 1.29 is 14.3 Å². The summed E-state index contributed by atoms with van der Waals surface area (Å²) in [7, 11) is 1.68. The molecule has 0 spiro atoms. The summed E-state index contributed by atoms with van der Waals surface area (Å²) in [5.41, 5.74) is 1.89. The quantitative estimate of drug-likeness (QED) is 0.590. The first-order valence-electron chi connectivity index (χ1n) is 8.02. The maximum absolute atomic E-state index is 12.0. The molecule has 4 rings (SSSR count). The molecule has 2 fully saturated rings. The van der Waals surface area contributed by atoms with Gasteiger partial charge in [-0.05, 0) is 36.5 Å². The van der Waals surface area contributed by atoms with Gasteiger partial charge in [0.2, 0.25) is 5.91 Å². The molecule has 0 aromatic carbocycles. The van der Waals surface area contributed by atoms with E-state index >= 15 is 0 Å². The highest BCUT2D eigenvalue weighted by Gasteiger charge is 2.50. The van der Waals surface area contributed by atoms with E-state index in [1.165, 1.54) is 23.3 Å². The van der Waals surface area contributed by atoms with Crippen molar-refractivity contribution >= 4 is 11.9 Å². The van der Waals surface area contributed by atoms with Gasteiger partial charge in [0.1, 0.15) is 6.04 Å². The first kappa shape index (κ1) is 14.6. The minimum absolute atomic E-state index is 0.0363. The molecule has 1 saturated heterocycles. The molecular weight excluding hydrogens is 266 g/mol. The SMILES string of the molecule is CN1C(=O)CCC1C(=O)OCCC1=CC[C@H]2C[C@@H]1C2(C)C. The number of rotatable bonds is 4. The largest absolute Gasteiger partial charge is 0.464 e. The lowest BCUT2D eigenvalue weighted by Crippen LogP contribution is -2.48. The van der Waals surface area contributed by atoms with Crippen molar-refractivity contribution in [1.82, 2.24) is 4.90 Å². The van der Waals surface area contributed by atoms with Gasteiger partial charge in [-0.3, -0.25) is 4.79 Å². The number of amides is 1. The molecule has 21 heavy (non-hydrogen) atoms. The van der Waals surface area contributed by atoms with Gasteiger partial charge >= 0.3 is 5.97 Å². The van der Waals surface area contributed by atoms with Crippen LogP contribution < -0.4 is 0 Å². The van der Waals surface area contributed by atoms with Crippen LogP contribution in [0, 0.1) is 17.3 Å². The average Bonchev–Trinajstić information content (AvgIpc) is 2.79. The van der Waals surface area contributed by atoms with E-state index < -0.39 is 0 Å². The second kappa shape index (κ2) is 5.15. The van der Waals surface area contributed by atoms with Crippen LogP contribution in [0.3, 0.4) is 0 Å². The number of likely N-dealkylation sites (N-methyl/N-ethyl adjacent to an activating group) is 1. The maximum atomic E-state index is 12.0. The molecule has 2 bridgehead atoms. The molecule has 0 radical (unpaired) electrons. The molecule has 0 N–H and O–H groups in total. The Kier molecular flexibility index (Phi) is 3.58. The monoisotopic (exact) mass is 291 g/mol. The van der Waals surface area contributed by atoms with Crippen molar-refractivity contribution in [2.24, 2.45) is 17.3 Å². The highest BCUT2D eigenvalue weighted by Crippen LogP contribution is 2.59. The summed E-state index contributed by atoms with van der Waals surface area (Å²) in [5.74, 6) is 1.30. The lowest BCUT2D eigenvalue weighted by molar-refractivity contribution is -0.151. The van der Waals surface area contributed by atoms with Crippen LogP contribution in [0.4, 0.5) is 0 Å². The number of hydrogen-bond donors (Lipinski definition) is 0. The maximum Gasteiger partial charge on any atom is 0.328 e. The molecule has 4 nitrogen and oxygen atoms in total. The third kappa shape index (κ3) is 2.39. The van der Waals surface area contributed by atoms with Crippen molar-refractivity contribution in [3.8, 4) is 0 Å². The van der Waals surface area contributed by atoms with Crippen molar-refractivity contribution in [1.29, 1.82) is 0 Å². The minimum atomic E-state index is -0.373. The zero-order valence-electron chi connectivity index (χ0n) is 13.2. The molecule has 0 aromatic rings. The number of fused-ring (bicyclic) bond motifs is 1. The van der Waals surface area contributed by atoms with Gasteiger partial charge in [0.05, 0.1) is 6.61 Å². The summed E-state index contributed by atoms with van der Waals surface area (Å²) >= 11 is 0. The fraction of sp³-hybridized carbons (Fsp3) is 0.765. The van der Waals surface area contributed by atoms with Gasteiger partial charge in [0.25, 0.3) is 0 Å². The van der Waals surface area contributed by atoms with Gasteiger partial charge in [0.15, 0.2) is 0 Å². The minimum Gasteiger partial charge on any atom is -0.464 e. The second-order valence-corrected chi connectivity index (χ2v) is 7.30. The fourth-order valence-corrected chi connectivity index (χ4v) is 4.20. The molecule has 3 atom stereocenters. The van der Waals surface area contributed by atoms with Gasteiger partial charge in [-0.1, -0.05) is 25.5 Å². The molecular formula is C17H25NO3. The fourth-order valence-electron chi connectivity index (χ4n) is 4.20. The highest BCUT2D eigenvalue weighted by atomic mass is 16.5. The Bertz CT molecular complexity index is 494. The van der Waals surface area contributed by atoms with E-state index in [1.807, 2.05) is 0 Å². The number of esters is 1. The number of hydrogen-bond acceptors (Lipinski definition) is 3. The van der Waals surface area contributed by atoms with Gasteiger partial charge in [0, 0.05) is 19.9 Å². The van der Waals surface area contributed by atoms with Crippen molar-refractivity contribution in [2.45, 2.75) is 52.0 Å². The Labute approximate surface area is 126 Å². The molecule has 1 saturated carbocycles. The van der Waals surface area contributed by atoms with E-state index in [2.05, 4.69) is 19.9 Å². The van der Waals surface area contributed by atoms with Crippen LogP contribution in [-0.2, 0) is 14.3 Å². The Balaban J connectivity index is 1.48. The summed E-state index contributed by atoms with van der Waals surface area (Å²) in [6, 6.07) is -0.373. The van der Waals surface area contributed by atoms with Crippen LogP contribution >= 0.6 is 0 Å². The molecule has 1 heterocycles. The van der Waals surface area contributed by atoms with E-state index in [0.717, 1.165) is 12.3 Å². The molecule has 3 aliphatic carbocycles. The standard InChI is InChI=1S/C17H25NO3/c1-17(2)12-5-4-11(13(17)10-12)8-9-21-16(20)14-6-7-15(19)18(14)3/h4,12-14H,5-10H2,1-3H3/t12-,13-,14?/m0/s1. The summed E-state index contributed by atoms with van der Waals surface area (Å²) in [6.45, 7) is 5.15. The van der Waals surface area contributed by atoms with Crippen LogP contribution in [0.2, 0.25) is 0 Å². The number of carbonyl (C=O) groups excluding carboxylic acids is 2. The van der Waals surface area contributed by atoms with E-state index in [1.54, 1.807) is 7.05 Å². The molecule has 1 unspecified atom stereocenters. The van der Waals surface area contributed by atoms with E-state index in [4.69, 9.17) is 4.74 Å². The van der Waals surface area contributed by atoms with Gasteiger partial charge in [-0.15, -0.1) is 0 Å². The topological polar surface area (TPSA) is 46.6 Å². The number of likely N-dealkylation sites (tertiary alicyclic amines) is 1. The Hall–Kier alpha value is -1.32. The Morgan fingerprint density at radius 3 is 2.81 bits per heavy atom. The predicted octanol–water partition coefficient (Wildman–Crippen LogP) is 2.53. The molecule has 116 valence electrons. The first-order valence-corrected chi connectivity index (χ1v) is 8.02. The third-order valence-electron chi connectivity index (χ3n) is 5.98. The number of ether oxygens (including phenoxy) is 1. The molecule has 0 aromatic heterocycles. The summed E-state index contributed by atoms with van der Waals surface area (Å²) in [6.07, 6.45) is 6.71. The van der Waals surface area contributed by atoms with Gasteiger partial charge < -0.3 is 9.64 Å². The lowest BCUT2D eigenvalue weighted by atomic mass is 9.48. The van der Waals surface area contributed by atoms with Crippen molar-refractivity contribution in [3.05, 3.63) is 11.6 Å². The van der Waals surface area contributed by atoms with Crippen LogP contribution in [0.5, 0.6) is 0 Å². The smallest absolute Gasteiger partial charge is 0.328 e. The predicted molar refractivity (Wildman–Crippen MR) is 79.4 cm³/mol. The van der Waals surface area contributed by atoms with Crippen LogP contribution in [0.1, 0.15) is 46.0 Å². The zero-order valence-corrected chi connectivity index (χ0v) is 13.2. The van der Waals surface area contributed by atoms with Crippen LogP contribution in [0.25, 0.3) is 0 Å². The molecule has 4 heteroatoms. The molecule has 1 aliphatic heterocycles. The van der Waals surface area contributed by atoms with Crippen molar-refractivity contribution in [3.63, 3.8) is 0 Å². The van der Waals surface area contributed by atoms with Gasteiger partial charge in [-0.25, -0.2) is 4.79 Å². The normalized spacial score (nSPS) is 33.5. The Morgan fingerprint density at radius 2 is 2.24 bits per heavy atom. The lowest BCUT2D eigenvalue weighted by Gasteiger charge is -2.56. The Morgan fingerprint density at radius 1 is 1.48 bits per heavy atom. The number of nitrogens with zero attached hydrogens (tertiary/aromatic N) is 1. The van der Waals surface area contributed by atoms with Crippen LogP contribution in [0.15, 0.2) is 11.6 Å². The highest BCUT2D eigenvalue weighted by molar-refractivity contribution is 5.87. The first-order chi connectivity index (χ1) is 9.91. The van der Waals surface area contributed by atoms with E-state index in [-0.39, 0.29) is 17.9 Å². The summed E-state index contributed by atoms with van der Waals surface area (Å²) < 4.78 is 5.41. The van der Waals surface area contributed by atoms with Gasteiger partial charge in [-0.2, -0.15) is 0 Å². The molecule has 4 aliphatic rings. The number of carbonyl (C=O) groups is 2. The molecule has 1 amide bonds. The summed E-state index contributed by atoms with van der Waals surface area (Å²) in [4.78, 5) is 25.0. The zero-order chi connectivity index (χ0) is 15.2. The second-order valence-electron chi connectivity index (χ2n) is 7.30. The van der Waals surface area contributed by atoms with E-state index in [0.29, 0.717) is 30.8 Å². The number of allylic oxidation sites excluding steroid dienone is 1. The summed E-state index contributed by atoms with van der Waals surface area (Å²) in [5, 5.41) is 0. The average molecular weight is 291 g/mol. The van der Waals surface area contributed by atoms with E-state index in [9.17, 15) is 9.59 Å². The third-order valence-corrected chi connectivity index (χ3v) is 5.98. The van der Waals surface area contributed by atoms with Crippen LogP contribution in [-0.4, -0.2) is 36.5 Å².